The molecule has 1 aromatic carbocycles. The fraction of sp³-hybridized carbons (Fsp3) is 0.308. The van der Waals surface area contributed by atoms with Gasteiger partial charge < -0.3 is 9.47 Å². The van der Waals surface area contributed by atoms with Crippen LogP contribution in [0.15, 0.2) is 36.9 Å². The Morgan fingerprint density at radius 2 is 1.94 bits per heavy atom. The molecule has 0 spiro atoms. The Bertz CT molecular complexity index is 398. The monoisotopic (exact) mass is 218 g/mol. The standard InChI is InChI=1S/C13H14O3/c1-3-13(16-12(14)15-2)8-10-6-4-5-7-11(10)9-13/h3-7H,1,8-9H2,2H3. The van der Waals surface area contributed by atoms with Crippen molar-refractivity contribution in [3.8, 4) is 0 Å². The Hall–Kier alpha value is -1.77. The maximum Gasteiger partial charge on any atom is 0.508 e. The van der Waals surface area contributed by atoms with Gasteiger partial charge in [-0.1, -0.05) is 30.8 Å². The van der Waals surface area contributed by atoms with E-state index in [1.54, 1.807) is 6.08 Å². The van der Waals surface area contributed by atoms with Crippen LogP contribution in [0.1, 0.15) is 11.1 Å². The van der Waals surface area contributed by atoms with Gasteiger partial charge in [-0.05, 0) is 17.2 Å². The van der Waals surface area contributed by atoms with Gasteiger partial charge in [-0.2, -0.15) is 0 Å². The van der Waals surface area contributed by atoms with E-state index < -0.39 is 11.8 Å². The molecule has 0 unspecified atom stereocenters. The Morgan fingerprint density at radius 1 is 1.38 bits per heavy atom. The van der Waals surface area contributed by atoms with E-state index >= 15 is 0 Å². The van der Waals surface area contributed by atoms with Crippen LogP contribution < -0.4 is 0 Å². The zero-order chi connectivity index (χ0) is 11.6. The summed E-state index contributed by atoms with van der Waals surface area (Å²) in [6.07, 6.45) is 2.36. The first-order valence-corrected chi connectivity index (χ1v) is 5.16. The molecular weight excluding hydrogens is 204 g/mol. The molecule has 0 atom stereocenters. The molecule has 3 nitrogen and oxygen atoms in total. The van der Waals surface area contributed by atoms with E-state index in [1.165, 1.54) is 18.2 Å². The topological polar surface area (TPSA) is 35.5 Å². The predicted molar refractivity (Wildman–Crippen MR) is 60.3 cm³/mol. The second-order valence-corrected chi connectivity index (χ2v) is 3.95. The van der Waals surface area contributed by atoms with Crippen molar-refractivity contribution >= 4 is 6.16 Å². The fourth-order valence-corrected chi connectivity index (χ4v) is 2.08. The third-order valence-electron chi connectivity index (χ3n) is 2.92. The Labute approximate surface area is 94.7 Å². The zero-order valence-electron chi connectivity index (χ0n) is 9.23. The van der Waals surface area contributed by atoms with Crippen LogP contribution in [0.25, 0.3) is 0 Å². The van der Waals surface area contributed by atoms with Gasteiger partial charge in [0.2, 0.25) is 0 Å². The van der Waals surface area contributed by atoms with Crippen LogP contribution in [-0.2, 0) is 22.3 Å². The maximum atomic E-state index is 11.2. The number of ether oxygens (including phenoxy) is 2. The molecule has 1 aromatic rings. The van der Waals surface area contributed by atoms with Crippen LogP contribution in [0.3, 0.4) is 0 Å². The third kappa shape index (κ3) is 1.81. The number of fused-ring (bicyclic) bond motifs is 1. The predicted octanol–water partition coefficient (Wildman–Crippen LogP) is 2.49. The van der Waals surface area contributed by atoms with Gasteiger partial charge in [0.25, 0.3) is 0 Å². The lowest BCUT2D eigenvalue weighted by Gasteiger charge is -2.23. The van der Waals surface area contributed by atoms with Gasteiger partial charge in [0.1, 0.15) is 5.60 Å². The first-order chi connectivity index (χ1) is 7.69. The summed E-state index contributed by atoms with van der Waals surface area (Å²) in [5.41, 5.74) is 1.76. The largest absolute Gasteiger partial charge is 0.508 e. The van der Waals surface area contributed by atoms with Gasteiger partial charge in [-0.3, -0.25) is 0 Å². The van der Waals surface area contributed by atoms with Gasteiger partial charge in [0, 0.05) is 12.8 Å². The Morgan fingerprint density at radius 3 is 2.38 bits per heavy atom. The molecule has 0 bridgehead atoms. The number of hydrogen-bond acceptors (Lipinski definition) is 3. The molecule has 0 saturated heterocycles. The lowest BCUT2D eigenvalue weighted by Crippen LogP contribution is -2.33. The Balaban J connectivity index is 2.22. The normalized spacial score (nSPS) is 16.3. The average Bonchev–Trinajstić information content (AvgIpc) is 2.67. The van der Waals surface area contributed by atoms with Gasteiger partial charge in [0.05, 0.1) is 7.11 Å². The summed E-state index contributed by atoms with van der Waals surface area (Å²) in [6, 6.07) is 8.05. The summed E-state index contributed by atoms with van der Waals surface area (Å²) in [7, 11) is 1.31. The van der Waals surface area contributed by atoms with Gasteiger partial charge in [0.15, 0.2) is 0 Å². The minimum Gasteiger partial charge on any atom is -0.438 e. The quantitative estimate of drug-likeness (QED) is 0.565. The molecular formula is C13H14O3. The van der Waals surface area contributed by atoms with E-state index in [0.29, 0.717) is 12.8 Å². The van der Waals surface area contributed by atoms with E-state index in [-0.39, 0.29) is 0 Å². The number of rotatable bonds is 2. The summed E-state index contributed by atoms with van der Waals surface area (Å²) in [6.45, 7) is 3.75. The molecule has 1 aliphatic rings. The highest BCUT2D eigenvalue weighted by Gasteiger charge is 2.38. The molecule has 0 aromatic heterocycles. The zero-order valence-corrected chi connectivity index (χ0v) is 9.23. The number of hydrogen-bond donors (Lipinski definition) is 0. The van der Waals surface area contributed by atoms with E-state index in [2.05, 4.69) is 11.3 Å². The molecule has 0 amide bonds. The van der Waals surface area contributed by atoms with E-state index in [1.807, 2.05) is 24.3 Å². The minimum absolute atomic E-state index is 0.642. The molecule has 1 aliphatic carbocycles. The molecule has 0 saturated carbocycles. The molecule has 0 heterocycles. The SMILES string of the molecule is C=CC1(OC(=O)OC)Cc2ccccc2C1. The molecule has 2 rings (SSSR count). The van der Waals surface area contributed by atoms with Crippen molar-refractivity contribution in [2.24, 2.45) is 0 Å². The summed E-state index contributed by atoms with van der Waals surface area (Å²) in [4.78, 5) is 11.2. The van der Waals surface area contributed by atoms with Gasteiger partial charge >= 0.3 is 6.16 Å². The van der Waals surface area contributed by atoms with Gasteiger partial charge in [-0.15, -0.1) is 0 Å². The third-order valence-corrected chi connectivity index (χ3v) is 2.92. The summed E-state index contributed by atoms with van der Waals surface area (Å²) in [5, 5.41) is 0. The Kier molecular flexibility index (Phi) is 2.69. The second kappa shape index (κ2) is 4.00. The van der Waals surface area contributed by atoms with E-state index in [0.717, 1.165) is 0 Å². The molecule has 0 aliphatic heterocycles. The van der Waals surface area contributed by atoms with Crippen molar-refractivity contribution in [2.45, 2.75) is 18.4 Å². The fourth-order valence-electron chi connectivity index (χ4n) is 2.08. The summed E-state index contributed by atoms with van der Waals surface area (Å²) < 4.78 is 9.83. The number of carbonyl (C=O) groups is 1. The summed E-state index contributed by atoms with van der Waals surface area (Å²) in [5.74, 6) is 0. The van der Waals surface area contributed by atoms with Crippen LogP contribution in [-0.4, -0.2) is 18.9 Å². The highest BCUT2D eigenvalue weighted by Crippen LogP contribution is 2.33. The molecule has 16 heavy (non-hydrogen) atoms. The van der Waals surface area contributed by atoms with Crippen LogP contribution in [0.4, 0.5) is 4.79 Å². The van der Waals surface area contributed by atoms with E-state index in [4.69, 9.17) is 4.74 Å². The summed E-state index contributed by atoms with van der Waals surface area (Å²) >= 11 is 0. The lowest BCUT2D eigenvalue weighted by atomic mass is 10.0. The number of methoxy groups -OCH3 is 1. The van der Waals surface area contributed by atoms with Crippen molar-refractivity contribution in [1.82, 2.24) is 0 Å². The molecule has 84 valence electrons. The van der Waals surface area contributed by atoms with Crippen molar-refractivity contribution in [2.75, 3.05) is 7.11 Å². The first-order valence-electron chi connectivity index (χ1n) is 5.16. The smallest absolute Gasteiger partial charge is 0.438 e. The highest BCUT2D eigenvalue weighted by molar-refractivity contribution is 5.61. The minimum atomic E-state index is -0.660. The molecule has 0 N–H and O–H groups in total. The van der Waals surface area contributed by atoms with Crippen molar-refractivity contribution < 1.29 is 14.3 Å². The van der Waals surface area contributed by atoms with Crippen molar-refractivity contribution in [1.29, 1.82) is 0 Å². The number of carbonyl (C=O) groups excluding carboxylic acids is 1. The van der Waals surface area contributed by atoms with Crippen molar-refractivity contribution in [3.63, 3.8) is 0 Å². The lowest BCUT2D eigenvalue weighted by molar-refractivity contribution is 0.00486. The molecule has 0 radical (unpaired) electrons. The maximum absolute atomic E-state index is 11.2. The number of benzene rings is 1. The molecule has 3 heteroatoms. The van der Waals surface area contributed by atoms with Crippen LogP contribution >= 0.6 is 0 Å². The first kappa shape index (κ1) is 10.7. The highest BCUT2D eigenvalue weighted by atomic mass is 16.7. The van der Waals surface area contributed by atoms with E-state index in [9.17, 15) is 4.79 Å². The van der Waals surface area contributed by atoms with Crippen LogP contribution in [0, 0.1) is 0 Å². The van der Waals surface area contributed by atoms with Crippen LogP contribution in [0.5, 0.6) is 0 Å². The second-order valence-electron chi connectivity index (χ2n) is 3.95. The van der Waals surface area contributed by atoms with Crippen LogP contribution in [0.2, 0.25) is 0 Å². The average molecular weight is 218 g/mol. The molecule has 0 fully saturated rings. The van der Waals surface area contributed by atoms with Gasteiger partial charge in [-0.25, -0.2) is 4.79 Å². The van der Waals surface area contributed by atoms with Crippen molar-refractivity contribution in [3.05, 3.63) is 48.0 Å².